The molecule has 0 heterocycles. The van der Waals surface area contributed by atoms with Gasteiger partial charge < -0.3 is 10.2 Å². The Morgan fingerprint density at radius 1 is 1.09 bits per heavy atom. The summed E-state index contributed by atoms with van der Waals surface area (Å²) in [6.45, 7) is 5.02. The van der Waals surface area contributed by atoms with Crippen LogP contribution < -0.4 is 5.32 Å². The lowest BCUT2D eigenvalue weighted by Gasteiger charge is -2.21. The van der Waals surface area contributed by atoms with E-state index >= 15 is 0 Å². The third-order valence-corrected chi connectivity index (χ3v) is 4.84. The molecule has 0 saturated heterocycles. The number of hydrogen-bond acceptors (Lipinski definition) is 2. The van der Waals surface area contributed by atoms with Crippen molar-refractivity contribution in [3.8, 4) is 0 Å². The van der Waals surface area contributed by atoms with Gasteiger partial charge in [-0.3, -0.25) is 0 Å². The van der Waals surface area contributed by atoms with Crippen LogP contribution in [0.5, 0.6) is 0 Å². The Bertz CT molecular complexity index is 651. The second-order valence-corrected chi connectivity index (χ2v) is 6.70. The summed E-state index contributed by atoms with van der Waals surface area (Å²) in [6, 6.07) is 14.9. The van der Waals surface area contributed by atoms with E-state index in [-0.39, 0.29) is 0 Å². The van der Waals surface area contributed by atoms with Gasteiger partial charge in [-0.1, -0.05) is 18.2 Å². The molecule has 0 amide bonds. The van der Waals surface area contributed by atoms with E-state index in [9.17, 15) is 0 Å². The quantitative estimate of drug-likeness (QED) is 0.636. The van der Waals surface area contributed by atoms with Gasteiger partial charge in [-0.2, -0.15) is 0 Å². The summed E-state index contributed by atoms with van der Waals surface area (Å²) in [5.74, 6) is 0. The summed E-state index contributed by atoms with van der Waals surface area (Å²) in [4.78, 5) is 3.33. The molecule has 0 unspecified atom stereocenters. The average molecular weight is 331 g/mol. The van der Waals surface area contributed by atoms with E-state index in [2.05, 4.69) is 72.8 Å². The largest absolute Gasteiger partial charge is 0.348 e. The van der Waals surface area contributed by atoms with Crippen LogP contribution in [-0.2, 0) is 6.54 Å². The van der Waals surface area contributed by atoms with Crippen LogP contribution in [0.25, 0.3) is 0 Å². The third kappa shape index (κ3) is 4.49. The maximum Gasteiger partial charge on any atom is 0.173 e. The summed E-state index contributed by atoms with van der Waals surface area (Å²) in [6.07, 6.45) is 2.09. The van der Waals surface area contributed by atoms with Gasteiger partial charge in [0.15, 0.2) is 5.11 Å². The average Bonchev–Trinajstić information content (AvgIpc) is 2.51. The molecule has 0 aliphatic heterocycles. The zero-order valence-electron chi connectivity index (χ0n) is 13.5. The van der Waals surface area contributed by atoms with Crippen molar-refractivity contribution in [2.24, 2.45) is 0 Å². The highest BCUT2D eigenvalue weighted by Gasteiger charge is 2.06. The maximum atomic E-state index is 5.49. The molecule has 0 fully saturated rings. The van der Waals surface area contributed by atoms with Crippen LogP contribution in [-0.4, -0.2) is 23.3 Å². The molecule has 22 heavy (non-hydrogen) atoms. The normalized spacial score (nSPS) is 10.4. The molecule has 0 atom stereocenters. The van der Waals surface area contributed by atoms with Crippen molar-refractivity contribution in [1.29, 1.82) is 0 Å². The Labute approximate surface area is 142 Å². The molecule has 0 saturated carbocycles. The van der Waals surface area contributed by atoms with Crippen LogP contribution in [0.3, 0.4) is 0 Å². The molecule has 116 valence electrons. The number of thiocarbonyl (C=S) groups is 1. The molecule has 0 bridgehead atoms. The van der Waals surface area contributed by atoms with Gasteiger partial charge in [-0.05, 0) is 73.3 Å². The highest BCUT2D eigenvalue weighted by molar-refractivity contribution is 7.98. The number of aryl methyl sites for hydroxylation is 2. The smallest absolute Gasteiger partial charge is 0.173 e. The fraction of sp³-hybridized carbons (Fsp3) is 0.278. The number of benzene rings is 2. The van der Waals surface area contributed by atoms with Crippen LogP contribution >= 0.6 is 24.0 Å². The minimum atomic E-state index is 0.734. The summed E-state index contributed by atoms with van der Waals surface area (Å²) in [5.41, 5.74) is 4.85. The van der Waals surface area contributed by atoms with E-state index in [1.54, 1.807) is 11.8 Å². The van der Waals surface area contributed by atoms with Gasteiger partial charge in [-0.15, -0.1) is 11.8 Å². The fourth-order valence-corrected chi connectivity index (χ4v) is 2.71. The van der Waals surface area contributed by atoms with Crippen molar-refractivity contribution in [2.75, 3.05) is 18.6 Å². The molecule has 2 aromatic carbocycles. The molecule has 2 rings (SSSR count). The Morgan fingerprint density at radius 3 is 2.36 bits per heavy atom. The van der Waals surface area contributed by atoms with Crippen molar-refractivity contribution in [3.63, 3.8) is 0 Å². The van der Waals surface area contributed by atoms with Crippen LogP contribution in [0.15, 0.2) is 47.4 Å². The minimum absolute atomic E-state index is 0.734. The summed E-state index contributed by atoms with van der Waals surface area (Å²) in [5, 5.41) is 4.04. The minimum Gasteiger partial charge on any atom is -0.348 e. The second-order valence-electron chi connectivity index (χ2n) is 5.43. The first kappa shape index (κ1) is 16.8. The summed E-state index contributed by atoms with van der Waals surface area (Å²) < 4.78 is 0. The van der Waals surface area contributed by atoms with E-state index in [1.807, 2.05) is 7.05 Å². The molecule has 0 radical (unpaired) electrons. The fourth-order valence-electron chi connectivity index (χ4n) is 2.11. The van der Waals surface area contributed by atoms with Crippen molar-refractivity contribution in [3.05, 3.63) is 59.2 Å². The van der Waals surface area contributed by atoms with Crippen LogP contribution in [0.2, 0.25) is 0 Å². The highest BCUT2D eigenvalue weighted by Crippen LogP contribution is 2.17. The van der Waals surface area contributed by atoms with Gasteiger partial charge >= 0.3 is 0 Å². The molecule has 4 heteroatoms. The van der Waals surface area contributed by atoms with Crippen LogP contribution in [0, 0.1) is 13.8 Å². The molecular formula is C18H22N2S2. The number of hydrogen-bond donors (Lipinski definition) is 1. The number of thioether (sulfide) groups is 1. The predicted molar refractivity (Wildman–Crippen MR) is 102 cm³/mol. The molecule has 1 N–H and O–H groups in total. The van der Waals surface area contributed by atoms with Gasteiger partial charge in [0.2, 0.25) is 0 Å². The lowest BCUT2D eigenvalue weighted by atomic mass is 10.1. The molecule has 2 nitrogen and oxygen atoms in total. The number of nitrogens with one attached hydrogen (secondary N) is 1. The van der Waals surface area contributed by atoms with Gasteiger partial charge in [0.05, 0.1) is 0 Å². The number of anilines is 1. The SMILES string of the molecule is CSc1ccc(CN(C)C(=S)Nc2ccc(C)c(C)c2)cc1. The van der Waals surface area contributed by atoms with Crippen molar-refractivity contribution in [1.82, 2.24) is 4.90 Å². The Hall–Kier alpha value is -1.52. The zero-order valence-corrected chi connectivity index (χ0v) is 15.1. The molecule has 0 aromatic heterocycles. The Morgan fingerprint density at radius 2 is 1.77 bits per heavy atom. The van der Waals surface area contributed by atoms with Crippen molar-refractivity contribution < 1.29 is 0 Å². The van der Waals surface area contributed by atoms with Crippen molar-refractivity contribution in [2.45, 2.75) is 25.3 Å². The van der Waals surface area contributed by atoms with Crippen LogP contribution in [0.4, 0.5) is 5.69 Å². The first-order valence-electron chi connectivity index (χ1n) is 7.22. The predicted octanol–water partition coefficient (Wildman–Crippen LogP) is 4.85. The Balaban J connectivity index is 1.97. The lowest BCUT2D eigenvalue weighted by Crippen LogP contribution is -2.30. The van der Waals surface area contributed by atoms with Crippen molar-refractivity contribution >= 4 is 34.8 Å². The second kappa shape index (κ2) is 7.65. The van der Waals surface area contributed by atoms with Crippen LogP contribution in [0.1, 0.15) is 16.7 Å². The number of rotatable bonds is 4. The van der Waals surface area contributed by atoms with Gasteiger partial charge in [0, 0.05) is 24.2 Å². The zero-order chi connectivity index (χ0) is 16.1. The maximum absolute atomic E-state index is 5.49. The first-order chi connectivity index (χ1) is 10.5. The lowest BCUT2D eigenvalue weighted by molar-refractivity contribution is 0.508. The summed E-state index contributed by atoms with van der Waals surface area (Å²) >= 11 is 7.25. The molecular weight excluding hydrogens is 308 g/mol. The van der Waals surface area contributed by atoms with E-state index in [0.717, 1.165) is 17.3 Å². The Kier molecular flexibility index (Phi) is 5.86. The molecule has 2 aromatic rings. The standard InChI is InChI=1S/C18H22N2S2/c1-13-5-8-16(11-14(13)2)19-18(21)20(3)12-15-6-9-17(22-4)10-7-15/h5-11H,12H2,1-4H3,(H,19,21). The van der Waals surface area contributed by atoms with E-state index < -0.39 is 0 Å². The van der Waals surface area contributed by atoms with Gasteiger partial charge in [0.25, 0.3) is 0 Å². The number of nitrogens with zero attached hydrogens (tertiary/aromatic N) is 1. The molecule has 0 spiro atoms. The third-order valence-electron chi connectivity index (χ3n) is 3.68. The molecule has 0 aliphatic carbocycles. The summed E-state index contributed by atoms with van der Waals surface area (Å²) in [7, 11) is 2.01. The van der Waals surface area contributed by atoms with E-state index in [4.69, 9.17) is 12.2 Å². The topological polar surface area (TPSA) is 15.3 Å². The van der Waals surface area contributed by atoms with E-state index in [1.165, 1.54) is 21.6 Å². The van der Waals surface area contributed by atoms with E-state index in [0.29, 0.717) is 0 Å². The highest BCUT2D eigenvalue weighted by atomic mass is 32.2. The first-order valence-corrected chi connectivity index (χ1v) is 8.85. The monoisotopic (exact) mass is 330 g/mol. The van der Waals surface area contributed by atoms with Gasteiger partial charge in [0.1, 0.15) is 0 Å². The molecule has 0 aliphatic rings. The van der Waals surface area contributed by atoms with Gasteiger partial charge in [-0.25, -0.2) is 0 Å².